The number of ether oxygens (including phenoxy) is 1. The minimum absolute atomic E-state index is 0.120. The van der Waals surface area contributed by atoms with Crippen molar-refractivity contribution in [3.63, 3.8) is 0 Å². The van der Waals surface area contributed by atoms with Crippen molar-refractivity contribution in [3.05, 3.63) is 50.0 Å². The molecule has 0 saturated carbocycles. The van der Waals surface area contributed by atoms with Crippen molar-refractivity contribution >= 4 is 27.5 Å². The summed E-state index contributed by atoms with van der Waals surface area (Å²) in [5, 5.41) is 15.4. The fourth-order valence-electron chi connectivity index (χ4n) is 2.77. The number of aromatic nitrogens is 3. The molecule has 0 aromatic carbocycles. The van der Waals surface area contributed by atoms with Gasteiger partial charge in [0.25, 0.3) is 5.69 Å². The number of carbonyl (C=O) groups excluding carboxylic acids is 1. The van der Waals surface area contributed by atoms with Gasteiger partial charge in [-0.1, -0.05) is 0 Å². The van der Waals surface area contributed by atoms with Gasteiger partial charge in [0.15, 0.2) is 0 Å². The molecule has 3 heterocycles. The Morgan fingerprint density at radius 3 is 2.96 bits per heavy atom. The monoisotopic (exact) mass is 409 g/mol. The van der Waals surface area contributed by atoms with Gasteiger partial charge in [-0.3, -0.25) is 19.6 Å². The molecule has 9 nitrogen and oxygen atoms in total. The number of amides is 1. The highest BCUT2D eigenvalue weighted by Crippen LogP contribution is 2.25. The van der Waals surface area contributed by atoms with Gasteiger partial charge >= 0.3 is 0 Å². The van der Waals surface area contributed by atoms with Crippen LogP contribution in [0.2, 0.25) is 0 Å². The number of nitrogens with zero attached hydrogens (tertiary/aromatic N) is 5. The predicted molar refractivity (Wildman–Crippen MR) is 90.7 cm³/mol. The van der Waals surface area contributed by atoms with Crippen LogP contribution >= 0.6 is 15.9 Å². The summed E-state index contributed by atoms with van der Waals surface area (Å²) in [4.78, 5) is 28.9. The van der Waals surface area contributed by atoms with Crippen LogP contribution in [0.5, 0.6) is 0 Å². The van der Waals surface area contributed by atoms with Crippen LogP contribution in [0.15, 0.2) is 22.9 Å². The van der Waals surface area contributed by atoms with E-state index in [1.54, 1.807) is 18.2 Å². The van der Waals surface area contributed by atoms with Crippen molar-refractivity contribution in [1.82, 2.24) is 19.7 Å². The van der Waals surface area contributed by atoms with Crippen LogP contribution < -0.4 is 0 Å². The Labute approximate surface area is 151 Å². The van der Waals surface area contributed by atoms with Gasteiger partial charge in [0, 0.05) is 25.3 Å². The highest BCUT2D eigenvalue weighted by Gasteiger charge is 2.29. The van der Waals surface area contributed by atoms with E-state index in [1.807, 2.05) is 4.68 Å². The van der Waals surface area contributed by atoms with Gasteiger partial charge in [0.1, 0.15) is 10.3 Å². The fourth-order valence-corrected chi connectivity index (χ4v) is 3.12. The third kappa shape index (κ3) is 3.69. The van der Waals surface area contributed by atoms with Crippen molar-refractivity contribution in [1.29, 1.82) is 0 Å². The largest absolute Gasteiger partial charge is 0.383 e. The van der Waals surface area contributed by atoms with Crippen molar-refractivity contribution < 1.29 is 14.5 Å². The van der Waals surface area contributed by atoms with Gasteiger partial charge in [-0.05, 0) is 22.0 Å². The molecular formula is C15H16BrN5O4. The maximum Gasteiger partial charge on any atom is 0.291 e. The number of rotatable bonds is 6. The summed E-state index contributed by atoms with van der Waals surface area (Å²) in [6.45, 7) is 2.03. The molecule has 0 atom stereocenters. The van der Waals surface area contributed by atoms with E-state index in [-0.39, 0.29) is 23.7 Å². The molecule has 0 radical (unpaired) electrons. The minimum Gasteiger partial charge on any atom is -0.383 e. The number of carbonyl (C=O) groups is 1. The Hall–Kier alpha value is -2.33. The number of pyridine rings is 1. The normalized spacial score (nSPS) is 13.1. The Morgan fingerprint density at radius 2 is 2.24 bits per heavy atom. The molecule has 2 aromatic heterocycles. The first kappa shape index (κ1) is 17.5. The number of fused-ring (bicyclic) bond motifs is 1. The van der Waals surface area contributed by atoms with Crippen molar-refractivity contribution in [2.45, 2.75) is 26.1 Å². The van der Waals surface area contributed by atoms with E-state index in [9.17, 15) is 14.9 Å². The lowest BCUT2D eigenvalue weighted by Crippen LogP contribution is -2.28. The van der Waals surface area contributed by atoms with E-state index in [0.29, 0.717) is 30.8 Å². The van der Waals surface area contributed by atoms with Crippen LogP contribution in [-0.2, 0) is 35.6 Å². The van der Waals surface area contributed by atoms with E-state index in [1.165, 1.54) is 12.1 Å². The van der Waals surface area contributed by atoms with Gasteiger partial charge < -0.3 is 9.64 Å². The Morgan fingerprint density at radius 1 is 1.44 bits per heavy atom. The van der Waals surface area contributed by atoms with E-state index in [0.717, 1.165) is 11.3 Å². The first-order chi connectivity index (χ1) is 12.0. The summed E-state index contributed by atoms with van der Waals surface area (Å²) < 4.78 is 7.34. The first-order valence-electron chi connectivity index (χ1n) is 7.59. The third-order valence-electron chi connectivity index (χ3n) is 4.03. The van der Waals surface area contributed by atoms with Gasteiger partial charge in [0.2, 0.25) is 5.91 Å². The summed E-state index contributed by atoms with van der Waals surface area (Å²) in [5.41, 5.74) is 1.96. The second-order valence-corrected chi connectivity index (χ2v) is 6.43. The summed E-state index contributed by atoms with van der Waals surface area (Å²) in [6.07, 6.45) is 1.63. The lowest BCUT2D eigenvalue weighted by atomic mass is 10.2. The fraction of sp³-hybridized carbons (Fsp3) is 0.400. The molecule has 0 N–H and O–H groups in total. The van der Waals surface area contributed by atoms with Crippen molar-refractivity contribution in [2.75, 3.05) is 13.7 Å². The molecule has 1 aliphatic heterocycles. The van der Waals surface area contributed by atoms with E-state index >= 15 is 0 Å². The zero-order valence-corrected chi connectivity index (χ0v) is 15.1. The summed E-state index contributed by atoms with van der Waals surface area (Å²) >= 11 is 3.19. The molecule has 10 heteroatoms. The zero-order valence-electron chi connectivity index (χ0n) is 13.5. The van der Waals surface area contributed by atoms with Crippen LogP contribution in [0, 0.1) is 10.1 Å². The molecule has 0 fully saturated rings. The SMILES string of the molecule is COCCn1ncc2c1CN(C(=O)Cc1nc(Br)ccc1[N+](=O)[O-])C2. The summed E-state index contributed by atoms with van der Waals surface area (Å²) in [7, 11) is 1.62. The van der Waals surface area contributed by atoms with Crippen molar-refractivity contribution in [2.24, 2.45) is 0 Å². The molecule has 2 aromatic rings. The summed E-state index contributed by atoms with van der Waals surface area (Å²) in [6, 6.07) is 2.84. The first-order valence-corrected chi connectivity index (χ1v) is 8.39. The molecule has 0 bridgehead atoms. The lowest BCUT2D eigenvalue weighted by molar-refractivity contribution is -0.385. The Kier molecular flexibility index (Phi) is 5.09. The number of hydrogen-bond donors (Lipinski definition) is 0. The molecule has 1 amide bonds. The predicted octanol–water partition coefficient (Wildman–Crippen LogP) is 1.68. The summed E-state index contributed by atoms with van der Waals surface area (Å²) in [5.74, 6) is -0.205. The standard InChI is InChI=1S/C15H16BrN5O4/c1-25-5-4-20-13-9-19(8-10(13)7-17-20)15(22)6-11-12(21(23)24)2-3-14(16)18-11/h2-3,7H,4-6,8-9H2,1H3. The Bertz CT molecular complexity index is 822. The number of hydrogen-bond acceptors (Lipinski definition) is 6. The molecule has 1 aliphatic rings. The second-order valence-electron chi connectivity index (χ2n) is 5.62. The highest BCUT2D eigenvalue weighted by atomic mass is 79.9. The van der Waals surface area contributed by atoms with Crippen LogP contribution in [-0.4, -0.2) is 44.2 Å². The van der Waals surface area contributed by atoms with Crippen molar-refractivity contribution in [3.8, 4) is 0 Å². The molecule has 25 heavy (non-hydrogen) atoms. The minimum atomic E-state index is -0.524. The van der Waals surface area contributed by atoms with Crippen LogP contribution in [0.1, 0.15) is 17.0 Å². The molecule has 0 saturated heterocycles. The molecule has 132 valence electrons. The van der Waals surface area contributed by atoms with Gasteiger partial charge in [-0.25, -0.2) is 4.98 Å². The van der Waals surface area contributed by atoms with Crippen LogP contribution in [0.25, 0.3) is 0 Å². The quantitative estimate of drug-likeness (QED) is 0.408. The number of methoxy groups -OCH3 is 1. The van der Waals surface area contributed by atoms with Gasteiger partial charge in [0.05, 0.1) is 42.9 Å². The smallest absolute Gasteiger partial charge is 0.291 e. The molecule has 0 spiro atoms. The van der Waals surface area contributed by atoms with E-state index in [2.05, 4.69) is 26.0 Å². The van der Waals surface area contributed by atoms with Crippen LogP contribution in [0.4, 0.5) is 5.69 Å². The average molecular weight is 410 g/mol. The number of halogens is 1. The van der Waals surface area contributed by atoms with Gasteiger partial charge in [-0.2, -0.15) is 5.10 Å². The second kappa shape index (κ2) is 7.28. The van der Waals surface area contributed by atoms with E-state index < -0.39 is 4.92 Å². The average Bonchev–Trinajstić information content (AvgIpc) is 3.13. The zero-order chi connectivity index (χ0) is 18.0. The number of nitro groups is 1. The van der Waals surface area contributed by atoms with Gasteiger partial charge in [-0.15, -0.1) is 0 Å². The molecule has 0 unspecified atom stereocenters. The Balaban J connectivity index is 1.72. The third-order valence-corrected chi connectivity index (χ3v) is 4.47. The highest BCUT2D eigenvalue weighted by molar-refractivity contribution is 9.10. The topological polar surface area (TPSA) is 103 Å². The molecule has 0 aliphatic carbocycles. The molecular weight excluding hydrogens is 394 g/mol. The maximum absolute atomic E-state index is 12.6. The van der Waals surface area contributed by atoms with Crippen LogP contribution in [0.3, 0.4) is 0 Å². The lowest BCUT2D eigenvalue weighted by Gasteiger charge is -2.16. The molecule has 3 rings (SSSR count). The maximum atomic E-state index is 12.6. The van der Waals surface area contributed by atoms with E-state index in [4.69, 9.17) is 4.74 Å².